The molecule has 34 heavy (non-hydrogen) atoms. The summed E-state index contributed by atoms with van der Waals surface area (Å²) in [6.45, 7) is 3.77. The molecule has 0 aliphatic carbocycles. The fraction of sp³-hybridized carbons (Fsp3) is 0.269. The van der Waals surface area contributed by atoms with Crippen molar-refractivity contribution in [2.45, 2.75) is 19.8 Å². The molecule has 2 aromatic carbocycles. The SMILES string of the molecule is CCOC(=O)C1=CN(c2ccc(OC)cc2)C=C(C(=O)OCC)C1c1ccc(C(=O)OC)cc1. The van der Waals surface area contributed by atoms with Crippen molar-refractivity contribution in [2.24, 2.45) is 0 Å². The van der Waals surface area contributed by atoms with Gasteiger partial charge in [-0.25, -0.2) is 14.4 Å². The number of carbonyl (C=O) groups excluding carboxylic acids is 3. The van der Waals surface area contributed by atoms with Gasteiger partial charge in [0.1, 0.15) is 5.75 Å². The number of hydrogen-bond acceptors (Lipinski definition) is 8. The molecule has 1 aliphatic rings. The van der Waals surface area contributed by atoms with E-state index >= 15 is 0 Å². The number of nitrogens with zero attached hydrogens (tertiary/aromatic N) is 1. The highest BCUT2D eigenvalue weighted by Crippen LogP contribution is 2.39. The lowest BCUT2D eigenvalue weighted by Gasteiger charge is -2.30. The van der Waals surface area contributed by atoms with E-state index in [-0.39, 0.29) is 24.4 Å². The zero-order chi connectivity index (χ0) is 24.7. The van der Waals surface area contributed by atoms with Gasteiger partial charge < -0.3 is 23.8 Å². The number of hydrogen-bond donors (Lipinski definition) is 0. The van der Waals surface area contributed by atoms with Crippen molar-refractivity contribution in [1.82, 2.24) is 0 Å². The Kier molecular flexibility index (Phi) is 8.08. The van der Waals surface area contributed by atoms with E-state index in [2.05, 4.69) is 0 Å². The molecule has 0 bridgehead atoms. The Labute approximate surface area is 198 Å². The molecule has 8 heteroatoms. The highest BCUT2D eigenvalue weighted by atomic mass is 16.5. The van der Waals surface area contributed by atoms with Crippen LogP contribution in [0.4, 0.5) is 5.69 Å². The van der Waals surface area contributed by atoms with Gasteiger partial charge in [-0.2, -0.15) is 0 Å². The van der Waals surface area contributed by atoms with Gasteiger partial charge in [0.05, 0.1) is 50.1 Å². The third-order valence-electron chi connectivity index (χ3n) is 5.24. The zero-order valence-electron chi connectivity index (χ0n) is 19.6. The van der Waals surface area contributed by atoms with Crippen LogP contribution in [0.5, 0.6) is 5.75 Å². The van der Waals surface area contributed by atoms with E-state index < -0.39 is 23.8 Å². The van der Waals surface area contributed by atoms with E-state index in [1.807, 2.05) is 12.1 Å². The van der Waals surface area contributed by atoms with Crippen molar-refractivity contribution < 1.29 is 33.3 Å². The molecular weight excluding hydrogens is 438 g/mol. The van der Waals surface area contributed by atoms with Gasteiger partial charge in [0.25, 0.3) is 0 Å². The van der Waals surface area contributed by atoms with E-state index in [0.29, 0.717) is 22.6 Å². The second-order valence-electron chi connectivity index (χ2n) is 7.26. The summed E-state index contributed by atoms with van der Waals surface area (Å²) in [7, 11) is 2.87. The van der Waals surface area contributed by atoms with Gasteiger partial charge in [-0.3, -0.25) is 0 Å². The summed E-state index contributed by atoms with van der Waals surface area (Å²) in [6, 6.07) is 13.7. The number of anilines is 1. The molecule has 0 unspecified atom stereocenters. The Hall–Kier alpha value is -4.07. The molecule has 0 amide bonds. The van der Waals surface area contributed by atoms with Gasteiger partial charge in [-0.05, 0) is 55.8 Å². The van der Waals surface area contributed by atoms with Crippen LogP contribution < -0.4 is 9.64 Å². The average Bonchev–Trinajstić information content (AvgIpc) is 2.88. The van der Waals surface area contributed by atoms with E-state index in [1.54, 1.807) is 74.7 Å². The van der Waals surface area contributed by atoms with E-state index in [0.717, 1.165) is 0 Å². The van der Waals surface area contributed by atoms with E-state index in [4.69, 9.17) is 18.9 Å². The third-order valence-corrected chi connectivity index (χ3v) is 5.24. The first-order valence-electron chi connectivity index (χ1n) is 10.8. The molecule has 0 aromatic heterocycles. The Morgan fingerprint density at radius 3 is 1.74 bits per heavy atom. The van der Waals surface area contributed by atoms with Crippen LogP contribution in [-0.4, -0.2) is 45.3 Å². The zero-order valence-corrected chi connectivity index (χ0v) is 19.6. The van der Waals surface area contributed by atoms with Crippen LogP contribution in [-0.2, 0) is 23.8 Å². The van der Waals surface area contributed by atoms with Crippen molar-refractivity contribution in [2.75, 3.05) is 32.3 Å². The summed E-state index contributed by atoms with van der Waals surface area (Å²) >= 11 is 0. The smallest absolute Gasteiger partial charge is 0.337 e. The van der Waals surface area contributed by atoms with Crippen LogP contribution in [0.3, 0.4) is 0 Å². The summed E-state index contributed by atoms with van der Waals surface area (Å²) < 4.78 is 20.6. The lowest BCUT2D eigenvalue weighted by atomic mass is 9.83. The van der Waals surface area contributed by atoms with Crippen LogP contribution in [0.1, 0.15) is 35.7 Å². The topological polar surface area (TPSA) is 91.4 Å². The normalized spacial score (nSPS) is 13.5. The average molecular weight is 466 g/mol. The first-order valence-corrected chi connectivity index (χ1v) is 10.8. The van der Waals surface area contributed by atoms with Crippen LogP contribution in [0, 0.1) is 0 Å². The van der Waals surface area contributed by atoms with Gasteiger partial charge in [-0.1, -0.05) is 12.1 Å². The monoisotopic (exact) mass is 465 g/mol. The maximum absolute atomic E-state index is 13.0. The van der Waals surface area contributed by atoms with Gasteiger partial charge in [0.15, 0.2) is 0 Å². The number of ether oxygens (including phenoxy) is 4. The number of esters is 3. The molecule has 0 atom stereocenters. The summed E-state index contributed by atoms with van der Waals surface area (Å²) in [6.07, 6.45) is 3.28. The maximum Gasteiger partial charge on any atom is 0.337 e. The second-order valence-corrected chi connectivity index (χ2v) is 7.26. The predicted octanol–water partition coefficient (Wildman–Crippen LogP) is 3.98. The quantitative estimate of drug-likeness (QED) is 0.427. The first-order chi connectivity index (χ1) is 16.4. The van der Waals surface area contributed by atoms with E-state index in [1.165, 1.54) is 7.11 Å². The first kappa shape index (κ1) is 24.6. The molecule has 2 aromatic rings. The third kappa shape index (κ3) is 5.28. The maximum atomic E-state index is 13.0. The van der Waals surface area contributed by atoms with Gasteiger partial charge in [-0.15, -0.1) is 0 Å². The van der Waals surface area contributed by atoms with Gasteiger partial charge >= 0.3 is 17.9 Å². The van der Waals surface area contributed by atoms with Crippen molar-refractivity contribution in [3.05, 3.63) is 83.2 Å². The molecule has 8 nitrogen and oxygen atoms in total. The molecule has 0 radical (unpaired) electrons. The van der Waals surface area contributed by atoms with Crippen LogP contribution in [0.25, 0.3) is 0 Å². The highest BCUT2D eigenvalue weighted by Gasteiger charge is 2.36. The lowest BCUT2D eigenvalue weighted by Crippen LogP contribution is -2.29. The predicted molar refractivity (Wildman–Crippen MR) is 125 cm³/mol. The van der Waals surface area contributed by atoms with Crippen molar-refractivity contribution >= 4 is 23.6 Å². The highest BCUT2D eigenvalue weighted by molar-refractivity contribution is 6.00. The summed E-state index contributed by atoms with van der Waals surface area (Å²) in [5, 5.41) is 0. The molecule has 0 saturated heterocycles. The Bertz CT molecular complexity index is 1060. The summed E-state index contributed by atoms with van der Waals surface area (Å²) in [4.78, 5) is 39.6. The van der Waals surface area contributed by atoms with Gasteiger partial charge in [0.2, 0.25) is 0 Å². The number of carbonyl (C=O) groups is 3. The van der Waals surface area contributed by atoms with Crippen LogP contribution >= 0.6 is 0 Å². The fourth-order valence-corrected chi connectivity index (χ4v) is 3.62. The molecule has 0 saturated carbocycles. The Balaban J connectivity index is 2.13. The van der Waals surface area contributed by atoms with E-state index in [9.17, 15) is 14.4 Å². The molecule has 1 aliphatic heterocycles. The minimum atomic E-state index is -0.751. The number of benzene rings is 2. The fourth-order valence-electron chi connectivity index (χ4n) is 3.62. The molecule has 0 spiro atoms. The molecule has 0 fully saturated rings. The van der Waals surface area contributed by atoms with Crippen molar-refractivity contribution in [3.8, 4) is 5.75 Å². The van der Waals surface area contributed by atoms with Crippen molar-refractivity contribution in [1.29, 1.82) is 0 Å². The number of methoxy groups -OCH3 is 2. The molecule has 178 valence electrons. The Morgan fingerprint density at radius 1 is 0.765 bits per heavy atom. The van der Waals surface area contributed by atoms with Gasteiger partial charge in [0, 0.05) is 18.1 Å². The molecule has 0 N–H and O–H groups in total. The molecule has 3 rings (SSSR count). The summed E-state index contributed by atoms with van der Waals surface area (Å²) in [5.41, 5.74) is 2.21. The number of rotatable bonds is 8. The Morgan fingerprint density at radius 2 is 1.29 bits per heavy atom. The lowest BCUT2D eigenvalue weighted by molar-refractivity contribution is -0.139. The van der Waals surface area contributed by atoms with Crippen LogP contribution in [0.15, 0.2) is 72.1 Å². The minimum Gasteiger partial charge on any atom is -0.497 e. The van der Waals surface area contributed by atoms with Crippen molar-refractivity contribution in [3.63, 3.8) is 0 Å². The minimum absolute atomic E-state index is 0.172. The molecule has 1 heterocycles. The van der Waals surface area contributed by atoms with Crippen LogP contribution in [0.2, 0.25) is 0 Å². The second kappa shape index (κ2) is 11.2. The standard InChI is InChI=1S/C26H27NO7/c1-5-33-25(29)21-15-27(19-11-13-20(31-3)14-12-19)16-22(26(30)34-6-2)23(21)17-7-9-18(10-8-17)24(28)32-4/h7-16,23H,5-6H2,1-4H3. The summed E-state index contributed by atoms with van der Waals surface area (Å²) in [5.74, 6) is -1.67. The largest absolute Gasteiger partial charge is 0.497 e. The molecular formula is C26H27NO7.